The molecule has 3 N–H and O–H groups in total. The fourth-order valence-electron chi connectivity index (χ4n) is 2.79. The van der Waals surface area contributed by atoms with Gasteiger partial charge in [0.05, 0.1) is 13.2 Å². The van der Waals surface area contributed by atoms with Crippen molar-refractivity contribution in [3.63, 3.8) is 0 Å². The van der Waals surface area contributed by atoms with E-state index in [0.717, 1.165) is 57.6 Å². The Labute approximate surface area is 152 Å². The summed E-state index contributed by atoms with van der Waals surface area (Å²) >= 11 is 0. The smallest absolute Gasteiger partial charge is 0.191 e. The fourth-order valence-corrected chi connectivity index (χ4v) is 2.79. The zero-order valence-corrected chi connectivity index (χ0v) is 15.8. The Hall–Kier alpha value is -1.79. The second-order valence-corrected chi connectivity index (χ2v) is 6.69. The molecule has 0 spiro atoms. The SMILES string of the molecule is CN=C(NCCN1CCOCC1)NCC(Nc1ccccc1)C(C)C. The molecule has 6 heteroatoms. The van der Waals surface area contributed by atoms with Gasteiger partial charge in [0.2, 0.25) is 0 Å². The van der Waals surface area contributed by atoms with Crippen molar-refractivity contribution in [1.82, 2.24) is 15.5 Å². The summed E-state index contributed by atoms with van der Waals surface area (Å²) in [7, 11) is 1.82. The van der Waals surface area contributed by atoms with E-state index in [2.05, 4.69) is 64.0 Å². The highest BCUT2D eigenvalue weighted by Gasteiger charge is 2.14. The summed E-state index contributed by atoms with van der Waals surface area (Å²) in [6, 6.07) is 10.7. The molecule has 1 unspecified atom stereocenters. The van der Waals surface area contributed by atoms with Gasteiger partial charge in [0.25, 0.3) is 0 Å². The summed E-state index contributed by atoms with van der Waals surface area (Å²) < 4.78 is 5.38. The maximum absolute atomic E-state index is 5.38. The van der Waals surface area contributed by atoms with Gasteiger partial charge in [-0.3, -0.25) is 9.89 Å². The number of para-hydroxylation sites is 1. The summed E-state index contributed by atoms with van der Waals surface area (Å²) in [6.45, 7) is 10.9. The van der Waals surface area contributed by atoms with Crippen molar-refractivity contribution in [2.24, 2.45) is 10.9 Å². The van der Waals surface area contributed by atoms with Crippen LogP contribution in [0.5, 0.6) is 0 Å². The standard InChI is InChI=1S/C19H33N5O/c1-16(2)18(23-17-7-5-4-6-8-17)15-22-19(20-3)21-9-10-24-11-13-25-14-12-24/h4-8,16,18,23H,9-15H2,1-3H3,(H2,20,21,22). The lowest BCUT2D eigenvalue weighted by atomic mass is 10.0. The van der Waals surface area contributed by atoms with Gasteiger partial charge in [0.15, 0.2) is 5.96 Å². The number of rotatable bonds is 8. The van der Waals surface area contributed by atoms with Gasteiger partial charge in [-0.25, -0.2) is 0 Å². The zero-order chi connectivity index (χ0) is 17.9. The van der Waals surface area contributed by atoms with E-state index in [1.807, 2.05) is 13.1 Å². The van der Waals surface area contributed by atoms with Gasteiger partial charge in [-0.2, -0.15) is 0 Å². The summed E-state index contributed by atoms with van der Waals surface area (Å²) in [6.07, 6.45) is 0. The molecule has 140 valence electrons. The summed E-state index contributed by atoms with van der Waals surface area (Å²) in [4.78, 5) is 6.75. The second-order valence-electron chi connectivity index (χ2n) is 6.69. The number of guanidine groups is 1. The van der Waals surface area contributed by atoms with E-state index < -0.39 is 0 Å². The average Bonchev–Trinajstić information content (AvgIpc) is 2.65. The number of hydrogen-bond acceptors (Lipinski definition) is 4. The van der Waals surface area contributed by atoms with Crippen molar-refractivity contribution < 1.29 is 4.74 Å². The molecule has 2 rings (SSSR count). The van der Waals surface area contributed by atoms with E-state index in [9.17, 15) is 0 Å². The van der Waals surface area contributed by atoms with Crippen LogP contribution in [0, 0.1) is 5.92 Å². The Bertz CT molecular complexity index is 500. The van der Waals surface area contributed by atoms with E-state index in [-0.39, 0.29) is 0 Å². The molecule has 1 saturated heterocycles. The third kappa shape index (κ3) is 7.32. The first kappa shape index (κ1) is 19.5. The number of nitrogens with zero attached hydrogens (tertiary/aromatic N) is 2. The molecule has 1 fully saturated rings. The zero-order valence-electron chi connectivity index (χ0n) is 15.8. The minimum atomic E-state index is 0.334. The van der Waals surface area contributed by atoms with Crippen LogP contribution in [0.25, 0.3) is 0 Å². The van der Waals surface area contributed by atoms with Gasteiger partial charge < -0.3 is 20.7 Å². The predicted octanol–water partition coefficient (Wildman–Crippen LogP) is 1.62. The lowest BCUT2D eigenvalue weighted by molar-refractivity contribution is 0.0389. The highest BCUT2D eigenvalue weighted by molar-refractivity contribution is 5.79. The first-order chi connectivity index (χ1) is 12.2. The predicted molar refractivity (Wildman–Crippen MR) is 105 cm³/mol. The molecular weight excluding hydrogens is 314 g/mol. The first-order valence-electron chi connectivity index (χ1n) is 9.25. The number of hydrogen-bond donors (Lipinski definition) is 3. The molecule has 0 bridgehead atoms. The van der Waals surface area contributed by atoms with Crippen LogP contribution in [0.15, 0.2) is 35.3 Å². The van der Waals surface area contributed by atoms with E-state index in [1.54, 1.807) is 0 Å². The molecule has 25 heavy (non-hydrogen) atoms. The maximum atomic E-state index is 5.38. The summed E-state index contributed by atoms with van der Waals surface area (Å²) in [5.41, 5.74) is 1.15. The molecular formula is C19H33N5O. The molecule has 1 aromatic carbocycles. The highest BCUT2D eigenvalue weighted by atomic mass is 16.5. The fraction of sp³-hybridized carbons (Fsp3) is 0.632. The van der Waals surface area contributed by atoms with Crippen molar-refractivity contribution in [3.8, 4) is 0 Å². The molecule has 0 aliphatic carbocycles. The van der Waals surface area contributed by atoms with E-state index in [0.29, 0.717) is 12.0 Å². The number of benzene rings is 1. The van der Waals surface area contributed by atoms with Crippen molar-refractivity contribution >= 4 is 11.6 Å². The summed E-state index contributed by atoms with van der Waals surface area (Å²) in [5, 5.41) is 10.4. The van der Waals surface area contributed by atoms with Crippen LogP contribution in [-0.4, -0.2) is 69.9 Å². The average molecular weight is 348 g/mol. The third-order valence-corrected chi connectivity index (χ3v) is 4.47. The Balaban J connectivity index is 1.73. The van der Waals surface area contributed by atoms with Crippen LogP contribution in [0.3, 0.4) is 0 Å². The number of anilines is 1. The number of aliphatic imine (C=N–C) groups is 1. The second kappa shape index (κ2) is 10.9. The molecule has 0 saturated carbocycles. The summed E-state index contributed by atoms with van der Waals surface area (Å²) in [5.74, 6) is 1.37. The molecule has 0 aromatic heterocycles. The topological polar surface area (TPSA) is 60.9 Å². The highest BCUT2D eigenvalue weighted by Crippen LogP contribution is 2.11. The molecule has 6 nitrogen and oxygen atoms in total. The monoisotopic (exact) mass is 347 g/mol. The maximum Gasteiger partial charge on any atom is 0.191 e. The van der Waals surface area contributed by atoms with Crippen molar-refractivity contribution in [2.75, 3.05) is 58.3 Å². The van der Waals surface area contributed by atoms with Crippen LogP contribution in [-0.2, 0) is 4.74 Å². The van der Waals surface area contributed by atoms with E-state index in [4.69, 9.17) is 4.74 Å². The molecule has 0 amide bonds. The van der Waals surface area contributed by atoms with Crippen LogP contribution >= 0.6 is 0 Å². The lowest BCUT2D eigenvalue weighted by Gasteiger charge is -2.27. The molecule has 0 radical (unpaired) electrons. The molecule has 1 aromatic rings. The van der Waals surface area contributed by atoms with Gasteiger partial charge in [-0.05, 0) is 18.1 Å². The van der Waals surface area contributed by atoms with Gasteiger partial charge in [-0.15, -0.1) is 0 Å². The first-order valence-corrected chi connectivity index (χ1v) is 9.25. The quantitative estimate of drug-likeness (QED) is 0.493. The number of nitrogens with one attached hydrogen (secondary N) is 3. The minimum Gasteiger partial charge on any atom is -0.380 e. The molecule has 1 aliphatic heterocycles. The van der Waals surface area contributed by atoms with Gasteiger partial charge in [-0.1, -0.05) is 32.0 Å². The van der Waals surface area contributed by atoms with Gasteiger partial charge >= 0.3 is 0 Å². The van der Waals surface area contributed by atoms with Crippen molar-refractivity contribution in [1.29, 1.82) is 0 Å². The van der Waals surface area contributed by atoms with Gasteiger partial charge in [0.1, 0.15) is 0 Å². The normalized spacial score (nSPS) is 17.4. The molecule has 1 heterocycles. The van der Waals surface area contributed by atoms with Crippen LogP contribution in [0.2, 0.25) is 0 Å². The molecule has 1 atom stereocenters. The number of morpholine rings is 1. The van der Waals surface area contributed by atoms with Crippen LogP contribution < -0.4 is 16.0 Å². The van der Waals surface area contributed by atoms with Crippen LogP contribution in [0.4, 0.5) is 5.69 Å². The third-order valence-electron chi connectivity index (χ3n) is 4.47. The molecule has 1 aliphatic rings. The van der Waals surface area contributed by atoms with Gasteiger partial charge in [0, 0.05) is 51.5 Å². The van der Waals surface area contributed by atoms with Crippen LogP contribution in [0.1, 0.15) is 13.8 Å². The van der Waals surface area contributed by atoms with Crippen molar-refractivity contribution in [3.05, 3.63) is 30.3 Å². The Morgan fingerprint density at radius 2 is 1.88 bits per heavy atom. The minimum absolute atomic E-state index is 0.334. The Morgan fingerprint density at radius 1 is 1.16 bits per heavy atom. The van der Waals surface area contributed by atoms with E-state index >= 15 is 0 Å². The number of ether oxygens (including phenoxy) is 1. The Morgan fingerprint density at radius 3 is 2.52 bits per heavy atom. The van der Waals surface area contributed by atoms with Crippen molar-refractivity contribution in [2.45, 2.75) is 19.9 Å². The van der Waals surface area contributed by atoms with E-state index in [1.165, 1.54) is 0 Å². The largest absolute Gasteiger partial charge is 0.380 e. The Kier molecular flexibility index (Phi) is 8.55. The lowest BCUT2D eigenvalue weighted by Crippen LogP contribution is -2.47.